The normalized spacial score (nSPS) is 18.3. The van der Waals surface area contributed by atoms with Crippen molar-refractivity contribution in [2.75, 3.05) is 52.9 Å². The van der Waals surface area contributed by atoms with E-state index in [4.69, 9.17) is 4.74 Å². The molecule has 6 heteroatoms. The summed E-state index contributed by atoms with van der Waals surface area (Å²) in [6, 6.07) is 7.85. The molecule has 0 N–H and O–H groups in total. The number of methoxy groups -OCH3 is 1. The lowest BCUT2D eigenvalue weighted by atomic mass is 9.88. The number of piperazine rings is 1. The maximum absolute atomic E-state index is 12.7. The predicted molar refractivity (Wildman–Crippen MR) is 124 cm³/mol. The summed E-state index contributed by atoms with van der Waals surface area (Å²) in [5.74, 6) is 1.53. The second kappa shape index (κ2) is 11.9. The number of benzene rings is 1. The fourth-order valence-electron chi connectivity index (χ4n) is 4.55. The van der Waals surface area contributed by atoms with Crippen LogP contribution in [-0.2, 0) is 9.59 Å². The molecule has 1 aliphatic carbocycles. The Kier molecular flexibility index (Phi) is 8.95. The molecule has 0 aromatic heterocycles. The van der Waals surface area contributed by atoms with Gasteiger partial charge in [0.15, 0.2) is 0 Å². The highest BCUT2D eigenvalue weighted by atomic mass is 16.5. The van der Waals surface area contributed by atoms with E-state index in [1.54, 1.807) is 14.0 Å². The number of hydrogen-bond donors (Lipinski definition) is 0. The van der Waals surface area contributed by atoms with Crippen molar-refractivity contribution in [3.8, 4) is 5.75 Å². The zero-order valence-corrected chi connectivity index (χ0v) is 19.1. The summed E-state index contributed by atoms with van der Waals surface area (Å²) in [5.41, 5.74) is 1.01. The van der Waals surface area contributed by atoms with E-state index >= 15 is 0 Å². The van der Waals surface area contributed by atoms with Crippen LogP contribution in [0.4, 0.5) is 0 Å². The molecule has 6 nitrogen and oxygen atoms in total. The number of nitrogens with zero attached hydrogens (tertiary/aromatic N) is 3. The largest absolute Gasteiger partial charge is 0.496 e. The van der Waals surface area contributed by atoms with E-state index in [1.165, 1.54) is 19.3 Å². The van der Waals surface area contributed by atoms with Gasteiger partial charge in [0.05, 0.1) is 7.11 Å². The smallest absolute Gasteiger partial charge is 0.225 e. The molecule has 0 atom stereocenters. The molecule has 0 spiro atoms. The van der Waals surface area contributed by atoms with Crippen molar-refractivity contribution in [1.29, 1.82) is 0 Å². The molecular formula is C25H37N3O3. The summed E-state index contributed by atoms with van der Waals surface area (Å²) in [6.45, 7) is 7.13. The summed E-state index contributed by atoms with van der Waals surface area (Å²) in [5, 5.41) is 0. The number of carbonyl (C=O) groups excluding carboxylic acids is 2. The molecule has 0 bridgehead atoms. The third-order valence-electron chi connectivity index (χ3n) is 6.53. The van der Waals surface area contributed by atoms with Crippen molar-refractivity contribution in [3.63, 3.8) is 0 Å². The van der Waals surface area contributed by atoms with Crippen molar-refractivity contribution in [3.05, 3.63) is 35.9 Å². The molecule has 2 aliphatic rings. The minimum absolute atomic E-state index is 0.0794. The van der Waals surface area contributed by atoms with Gasteiger partial charge in [0.25, 0.3) is 0 Å². The Hall–Kier alpha value is -2.34. The maximum Gasteiger partial charge on any atom is 0.225 e. The van der Waals surface area contributed by atoms with E-state index in [-0.39, 0.29) is 11.8 Å². The Bertz CT molecular complexity index is 750. The molecule has 1 saturated heterocycles. The molecule has 0 unspecified atom stereocenters. The number of ether oxygens (including phenoxy) is 1. The van der Waals surface area contributed by atoms with Gasteiger partial charge in [-0.05, 0) is 18.9 Å². The van der Waals surface area contributed by atoms with Gasteiger partial charge in [0.2, 0.25) is 11.8 Å². The maximum atomic E-state index is 12.7. The van der Waals surface area contributed by atoms with Crippen molar-refractivity contribution in [1.82, 2.24) is 14.7 Å². The number of carbonyl (C=O) groups is 2. The van der Waals surface area contributed by atoms with Crippen LogP contribution in [0.5, 0.6) is 5.75 Å². The molecule has 1 aliphatic heterocycles. The molecule has 0 radical (unpaired) electrons. The summed E-state index contributed by atoms with van der Waals surface area (Å²) >= 11 is 0. The molecule has 170 valence electrons. The quantitative estimate of drug-likeness (QED) is 0.639. The van der Waals surface area contributed by atoms with Crippen molar-refractivity contribution in [2.45, 2.75) is 39.0 Å². The van der Waals surface area contributed by atoms with Crippen LogP contribution in [0.15, 0.2) is 30.3 Å². The van der Waals surface area contributed by atoms with Crippen LogP contribution in [0.25, 0.3) is 6.08 Å². The molecule has 3 rings (SSSR count). The Morgan fingerprint density at radius 1 is 1.10 bits per heavy atom. The van der Waals surface area contributed by atoms with E-state index in [2.05, 4.69) is 9.80 Å². The third kappa shape index (κ3) is 6.82. The molecule has 1 aromatic carbocycles. The first kappa shape index (κ1) is 23.3. The highest BCUT2D eigenvalue weighted by Crippen LogP contribution is 2.25. The highest BCUT2D eigenvalue weighted by Gasteiger charge is 2.28. The van der Waals surface area contributed by atoms with E-state index in [1.807, 2.05) is 41.3 Å². The van der Waals surface area contributed by atoms with Gasteiger partial charge in [0.1, 0.15) is 5.75 Å². The third-order valence-corrected chi connectivity index (χ3v) is 6.53. The Balaban J connectivity index is 1.43. The van der Waals surface area contributed by atoms with Gasteiger partial charge in [-0.25, -0.2) is 0 Å². The van der Waals surface area contributed by atoms with Gasteiger partial charge in [0, 0.05) is 64.2 Å². The van der Waals surface area contributed by atoms with Gasteiger partial charge in [-0.3, -0.25) is 14.5 Å². The molecule has 1 aromatic rings. The van der Waals surface area contributed by atoms with E-state index < -0.39 is 0 Å². The minimum Gasteiger partial charge on any atom is -0.496 e. The SMILES string of the molecule is COc1ccccc1/C=C/CN(CCN1CCN(C(=O)C2CCCCC2)CC1)C(C)=O. The van der Waals surface area contributed by atoms with Crippen molar-refractivity contribution in [2.24, 2.45) is 5.92 Å². The molecular weight excluding hydrogens is 390 g/mol. The van der Waals surface area contributed by atoms with Gasteiger partial charge in [-0.2, -0.15) is 0 Å². The number of amides is 2. The van der Waals surface area contributed by atoms with Crippen molar-refractivity contribution >= 4 is 17.9 Å². The van der Waals surface area contributed by atoms with Crippen LogP contribution in [0.2, 0.25) is 0 Å². The zero-order chi connectivity index (χ0) is 22.1. The van der Waals surface area contributed by atoms with Crippen LogP contribution in [0.3, 0.4) is 0 Å². The zero-order valence-electron chi connectivity index (χ0n) is 19.1. The summed E-state index contributed by atoms with van der Waals surface area (Å²) < 4.78 is 5.37. The average molecular weight is 428 g/mol. The first-order valence-corrected chi connectivity index (χ1v) is 11.6. The van der Waals surface area contributed by atoms with E-state index in [9.17, 15) is 9.59 Å². The second-order valence-electron chi connectivity index (χ2n) is 8.61. The van der Waals surface area contributed by atoms with Gasteiger partial charge < -0.3 is 14.5 Å². The Morgan fingerprint density at radius 3 is 2.48 bits per heavy atom. The summed E-state index contributed by atoms with van der Waals surface area (Å²) in [4.78, 5) is 31.1. The van der Waals surface area contributed by atoms with Gasteiger partial charge in [-0.1, -0.05) is 49.6 Å². The Labute approximate surface area is 186 Å². The van der Waals surface area contributed by atoms with E-state index in [0.717, 1.165) is 56.9 Å². The lowest BCUT2D eigenvalue weighted by Crippen LogP contribution is -2.52. The second-order valence-corrected chi connectivity index (χ2v) is 8.61. The lowest BCUT2D eigenvalue weighted by Gasteiger charge is -2.37. The summed E-state index contributed by atoms with van der Waals surface area (Å²) in [6.07, 6.45) is 9.82. The van der Waals surface area contributed by atoms with Crippen LogP contribution >= 0.6 is 0 Å². The summed E-state index contributed by atoms with van der Waals surface area (Å²) in [7, 11) is 1.66. The lowest BCUT2D eigenvalue weighted by molar-refractivity contribution is -0.138. The van der Waals surface area contributed by atoms with Crippen molar-refractivity contribution < 1.29 is 14.3 Å². The first-order chi connectivity index (χ1) is 15.1. The van der Waals surface area contributed by atoms with Gasteiger partial charge >= 0.3 is 0 Å². The fraction of sp³-hybridized carbons (Fsp3) is 0.600. The molecule has 1 saturated carbocycles. The monoisotopic (exact) mass is 427 g/mol. The predicted octanol–water partition coefficient (Wildman–Crippen LogP) is 3.28. The standard InChI is InChI=1S/C25H37N3O3/c1-21(29)27(14-8-12-22-9-6-7-13-24(22)31-2)18-15-26-16-19-28(20-17-26)25(30)23-10-4-3-5-11-23/h6-9,12-13,23H,3-5,10-11,14-20H2,1-2H3/b12-8+. The topological polar surface area (TPSA) is 53.1 Å². The minimum atomic E-state index is 0.0794. The molecule has 31 heavy (non-hydrogen) atoms. The van der Waals surface area contributed by atoms with Crippen LogP contribution in [0, 0.1) is 5.92 Å². The van der Waals surface area contributed by atoms with Crippen LogP contribution in [-0.4, -0.2) is 79.4 Å². The molecule has 2 fully saturated rings. The average Bonchev–Trinajstić information content (AvgIpc) is 2.81. The highest BCUT2D eigenvalue weighted by molar-refractivity contribution is 5.79. The number of hydrogen-bond acceptors (Lipinski definition) is 4. The number of para-hydroxylation sites is 1. The van der Waals surface area contributed by atoms with E-state index in [0.29, 0.717) is 19.0 Å². The molecule has 2 amide bonds. The van der Waals surface area contributed by atoms with Crippen LogP contribution in [0.1, 0.15) is 44.6 Å². The first-order valence-electron chi connectivity index (χ1n) is 11.6. The molecule has 1 heterocycles. The van der Waals surface area contributed by atoms with Gasteiger partial charge in [-0.15, -0.1) is 0 Å². The Morgan fingerprint density at radius 2 is 1.81 bits per heavy atom. The van der Waals surface area contributed by atoms with Crippen LogP contribution < -0.4 is 4.74 Å². The number of rotatable bonds is 8. The fourth-order valence-corrected chi connectivity index (χ4v) is 4.55.